The van der Waals surface area contributed by atoms with Gasteiger partial charge in [-0.15, -0.1) is 10.2 Å². The van der Waals surface area contributed by atoms with Gasteiger partial charge in [0.15, 0.2) is 5.82 Å². The predicted octanol–water partition coefficient (Wildman–Crippen LogP) is 1.90. The maximum atomic E-state index is 12.1. The Morgan fingerprint density at radius 3 is 3.14 bits per heavy atom. The molecule has 7 nitrogen and oxygen atoms in total. The highest BCUT2D eigenvalue weighted by atomic mass is 16.1. The van der Waals surface area contributed by atoms with Gasteiger partial charge < -0.3 is 5.32 Å². The van der Waals surface area contributed by atoms with Gasteiger partial charge in [-0.3, -0.25) is 9.78 Å². The summed E-state index contributed by atoms with van der Waals surface area (Å²) in [6, 6.07) is 3.65. The average Bonchev–Trinajstić information content (AvgIpc) is 3.02. The first kappa shape index (κ1) is 13.7. The van der Waals surface area contributed by atoms with Crippen LogP contribution in [0.4, 0.5) is 5.69 Å². The van der Waals surface area contributed by atoms with Crippen molar-refractivity contribution in [1.29, 1.82) is 0 Å². The topological polar surface area (TPSA) is 96.5 Å². The van der Waals surface area contributed by atoms with Crippen molar-refractivity contribution >= 4 is 11.6 Å². The Morgan fingerprint density at radius 1 is 1.43 bits per heavy atom. The molecule has 0 aromatic carbocycles. The molecule has 0 saturated heterocycles. The van der Waals surface area contributed by atoms with Crippen molar-refractivity contribution in [1.82, 2.24) is 25.6 Å². The Balaban J connectivity index is 1.54. The monoisotopic (exact) mass is 286 g/mol. The molecule has 3 rings (SSSR count). The molecule has 1 saturated carbocycles. The molecule has 2 N–H and O–H groups in total. The third kappa shape index (κ3) is 3.62. The van der Waals surface area contributed by atoms with Crippen LogP contribution in [0.1, 0.15) is 43.8 Å². The number of pyridine rings is 1. The minimum atomic E-state index is 0.0433. The van der Waals surface area contributed by atoms with E-state index in [4.69, 9.17) is 0 Å². The van der Waals surface area contributed by atoms with E-state index in [-0.39, 0.29) is 5.91 Å². The number of carbonyl (C=O) groups is 1. The van der Waals surface area contributed by atoms with Crippen molar-refractivity contribution in [2.24, 2.45) is 5.92 Å². The van der Waals surface area contributed by atoms with Crippen LogP contribution in [-0.4, -0.2) is 31.5 Å². The molecule has 2 unspecified atom stereocenters. The fourth-order valence-electron chi connectivity index (χ4n) is 2.96. The second kappa shape index (κ2) is 6.43. The average molecular weight is 286 g/mol. The molecule has 0 radical (unpaired) electrons. The zero-order valence-electron chi connectivity index (χ0n) is 11.7. The van der Waals surface area contributed by atoms with Gasteiger partial charge in [0.05, 0.1) is 11.9 Å². The molecule has 1 aliphatic carbocycles. The molecule has 2 atom stereocenters. The zero-order chi connectivity index (χ0) is 14.5. The highest BCUT2D eigenvalue weighted by Crippen LogP contribution is 2.35. The summed E-state index contributed by atoms with van der Waals surface area (Å²) >= 11 is 0. The summed E-state index contributed by atoms with van der Waals surface area (Å²) in [7, 11) is 0. The number of amides is 1. The van der Waals surface area contributed by atoms with E-state index in [2.05, 4.69) is 30.9 Å². The first-order valence-corrected chi connectivity index (χ1v) is 7.24. The van der Waals surface area contributed by atoms with Gasteiger partial charge in [-0.2, -0.15) is 5.21 Å². The summed E-state index contributed by atoms with van der Waals surface area (Å²) in [5, 5.41) is 17.1. The molecule has 2 aromatic rings. The van der Waals surface area contributed by atoms with Crippen LogP contribution in [0.5, 0.6) is 0 Å². The summed E-state index contributed by atoms with van der Waals surface area (Å²) in [5.74, 6) is 1.50. The van der Waals surface area contributed by atoms with Crippen LogP contribution in [0, 0.1) is 5.92 Å². The molecule has 2 heterocycles. The summed E-state index contributed by atoms with van der Waals surface area (Å²) in [6.07, 6.45) is 8.07. The number of aromatic amines is 1. The maximum absolute atomic E-state index is 12.1. The molecule has 0 aliphatic heterocycles. The number of hydrogen-bond donors (Lipinski definition) is 2. The molecule has 0 spiro atoms. The van der Waals surface area contributed by atoms with E-state index in [0.717, 1.165) is 37.2 Å². The number of anilines is 1. The van der Waals surface area contributed by atoms with Gasteiger partial charge in [-0.1, -0.05) is 11.6 Å². The molecule has 110 valence electrons. The van der Waals surface area contributed by atoms with Crippen LogP contribution >= 0.6 is 0 Å². The lowest BCUT2D eigenvalue weighted by atomic mass is 9.79. The van der Waals surface area contributed by atoms with Crippen LogP contribution in [0.2, 0.25) is 0 Å². The van der Waals surface area contributed by atoms with E-state index in [1.807, 2.05) is 12.1 Å². The van der Waals surface area contributed by atoms with Gasteiger partial charge in [0.25, 0.3) is 0 Å². The molecular weight excluding hydrogens is 268 g/mol. The first-order chi connectivity index (χ1) is 10.3. The zero-order valence-corrected chi connectivity index (χ0v) is 11.7. The van der Waals surface area contributed by atoms with E-state index in [0.29, 0.717) is 18.3 Å². The van der Waals surface area contributed by atoms with E-state index >= 15 is 0 Å². The van der Waals surface area contributed by atoms with Gasteiger partial charge in [-0.25, -0.2) is 0 Å². The van der Waals surface area contributed by atoms with Gasteiger partial charge in [0, 0.05) is 18.5 Å². The molecule has 21 heavy (non-hydrogen) atoms. The molecule has 7 heteroatoms. The quantitative estimate of drug-likeness (QED) is 0.894. The van der Waals surface area contributed by atoms with Gasteiger partial charge >= 0.3 is 0 Å². The fraction of sp³-hybridized carbons (Fsp3) is 0.500. The molecular formula is C14H18N6O. The normalized spacial score (nSPS) is 21.9. The second-order valence-corrected chi connectivity index (χ2v) is 5.49. The molecule has 1 aliphatic rings. The van der Waals surface area contributed by atoms with E-state index in [1.54, 1.807) is 12.4 Å². The fourth-order valence-corrected chi connectivity index (χ4v) is 2.96. The van der Waals surface area contributed by atoms with E-state index in [1.165, 1.54) is 0 Å². The van der Waals surface area contributed by atoms with Crippen molar-refractivity contribution in [3.63, 3.8) is 0 Å². The first-order valence-electron chi connectivity index (χ1n) is 7.24. The molecule has 1 fully saturated rings. The highest BCUT2D eigenvalue weighted by molar-refractivity contribution is 5.90. The SMILES string of the molecule is O=C(CC1CCCC(c2nn[nH]n2)C1)Nc1cccnc1. The predicted molar refractivity (Wildman–Crippen MR) is 76.4 cm³/mol. The lowest BCUT2D eigenvalue weighted by Gasteiger charge is -2.26. The number of nitrogens with zero attached hydrogens (tertiary/aromatic N) is 4. The number of nitrogens with one attached hydrogen (secondary N) is 2. The Bertz CT molecular complexity index is 570. The Hall–Kier alpha value is -2.31. The Kier molecular flexibility index (Phi) is 4.18. The molecule has 2 aromatic heterocycles. The number of carbonyl (C=O) groups excluding carboxylic acids is 1. The van der Waals surface area contributed by atoms with Crippen LogP contribution < -0.4 is 5.32 Å². The lowest BCUT2D eigenvalue weighted by Crippen LogP contribution is -2.21. The third-order valence-electron chi connectivity index (χ3n) is 3.93. The minimum absolute atomic E-state index is 0.0433. The van der Waals surface area contributed by atoms with Crippen molar-refractivity contribution in [3.8, 4) is 0 Å². The molecule has 0 bridgehead atoms. The number of aromatic nitrogens is 5. The van der Waals surface area contributed by atoms with Crippen LogP contribution in [0.3, 0.4) is 0 Å². The number of tetrazole rings is 1. The third-order valence-corrected chi connectivity index (χ3v) is 3.93. The van der Waals surface area contributed by atoms with Crippen molar-refractivity contribution in [2.75, 3.05) is 5.32 Å². The number of rotatable bonds is 4. The standard InChI is InChI=1S/C14H18N6O/c21-13(16-12-5-2-6-15-9-12)8-10-3-1-4-11(7-10)14-17-19-20-18-14/h2,5-6,9-11H,1,3-4,7-8H2,(H,16,21)(H,17,18,19,20). The Labute approximate surface area is 122 Å². The molecule has 1 amide bonds. The van der Waals surface area contributed by atoms with Gasteiger partial charge in [0.1, 0.15) is 0 Å². The lowest BCUT2D eigenvalue weighted by molar-refractivity contribution is -0.117. The number of H-pyrrole nitrogens is 1. The van der Waals surface area contributed by atoms with E-state index in [9.17, 15) is 4.79 Å². The highest BCUT2D eigenvalue weighted by Gasteiger charge is 2.27. The summed E-state index contributed by atoms with van der Waals surface area (Å²) in [6.45, 7) is 0. The van der Waals surface area contributed by atoms with Gasteiger partial charge in [0.2, 0.25) is 5.91 Å². The van der Waals surface area contributed by atoms with Crippen LogP contribution in [0.15, 0.2) is 24.5 Å². The van der Waals surface area contributed by atoms with E-state index < -0.39 is 0 Å². The summed E-state index contributed by atoms with van der Waals surface area (Å²) in [5.41, 5.74) is 0.744. The van der Waals surface area contributed by atoms with Crippen molar-refractivity contribution in [3.05, 3.63) is 30.4 Å². The van der Waals surface area contributed by atoms with Crippen LogP contribution in [-0.2, 0) is 4.79 Å². The van der Waals surface area contributed by atoms with Crippen LogP contribution in [0.25, 0.3) is 0 Å². The smallest absolute Gasteiger partial charge is 0.224 e. The van der Waals surface area contributed by atoms with Crippen molar-refractivity contribution < 1.29 is 4.79 Å². The maximum Gasteiger partial charge on any atom is 0.224 e. The minimum Gasteiger partial charge on any atom is -0.325 e. The summed E-state index contributed by atoms with van der Waals surface area (Å²) in [4.78, 5) is 16.1. The number of hydrogen-bond acceptors (Lipinski definition) is 5. The largest absolute Gasteiger partial charge is 0.325 e. The van der Waals surface area contributed by atoms with Gasteiger partial charge in [-0.05, 0) is 37.3 Å². The Morgan fingerprint density at radius 2 is 2.38 bits per heavy atom. The summed E-state index contributed by atoms with van der Waals surface area (Å²) < 4.78 is 0. The second-order valence-electron chi connectivity index (χ2n) is 5.49. The van der Waals surface area contributed by atoms with Crippen molar-refractivity contribution in [2.45, 2.75) is 38.0 Å².